The van der Waals surface area contributed by atoms with E-state index in [1.807, 2.05) is 37.3 Å². The van der Waals surface area contributed by atoms with Crippen molar-refractivity contribution < 1.29 is 10.2 Å². The summed E-state index contributed by atoms with van der Waals surface area (Å²) >= 11 is 1.23. The molecule has 25 heavy (non-hydrogen) atoms. The number of hydrogen-bond donors (Lipinski definition) is 2. The number of unbranched alkanes of at least 4 members (excludes halogenated alkanes) is 9. The van der Waals surface area contributed by atoms with E-state index in [0.29, 0.717) is 5.75 Å². The molecule has 0 bridgehead atoms. The van der Waals surface area contributed by atoms with Gasteiger partial charge in [0.2, 0.25) is 5.12 Å². The predicted octanol–water partition coefficient (Wildman–Crippen LogP) is 6.51. The smallest absolute Gasteiger partial charge is 0.216 e. The average Bonchev–Trinajstić information content (AvgIpc) is 2.62. The fourth-order valence-electron chi connectivity index (χ4n) is 3.03. The molecule has 0 radical (unpaired) electrons. The van der Waals surface area contributed by atoms with Gasteiger partial charge in [0.15, 0.2) is 0 Å². The van der Waals surface area contributed by atoms with Crippen LogP contribution >= 0.6 is 11.8 Å². The van der Waals surface area contributed by atoms with E-state index in [4.69, 9.17) is 0 Å². The van der Waals surface area contributed by atoms with Crippen LogP contribution < -0.4 is 0 Å². The van der Waals surface area contributed by atoms with Crippen molar-refractivity contribution in [2.24, 2.45) is 5.92 Å². The van der Waals surface area contributed by atoms with Crippen LogP contribution in [0.4, 0.5) is 0 Å². The third-order valence-electron chi connectivity index (χ3n) is 4.93. The number of thioether (sulfide) groups is 1. The van der Waals surface area contributed by atoms with Gasteiger partial charge in [-0.1, -0.05) is 120 Å². The van der Waals surface area contributed by atoms with E-state index in [2.05, 4.69) is 6.92 Å². The van der Waals surface area contributed by atoms with E-state index in [0.717, 1.165) is 18.4 Å². The monoisotopic (exact) mass is 366 g/mol. The Morgan fingerprint density at radius 1 is 0.840 bits per heavy atom. The summed E-state index contributed by atoms with van der Waals surface area (Å²) in [4.78, 5) is 0. The summed E-state index contributed by atoms with van der Waals surface area (Å²) in [7, 11) is 0. The second-order valence-electron chi connectivity index (χ2n) is 7.30. The molecule has 0 aliphatic rings. The third-order valence-corrected chi connectivity index (χ3v) is 6.23. The minimum atomic E-state index is -1.63. The third kappa shape index (κ3) is 10.9. The van der Waals surface area contributed by atoms with E-state index in [9.17, 15) is 10.2 Å². The Bertz CT molecular complexity index is 419. The topological polar surface area (TPSA) is 40.5 Å². The molecule has 1 rings (SSSR count). The fraction of sp³-hybridized carbons (Fsp3) is 0.727. The molecule has 0 heterocycles. The molecule has 1 aromatic carbocycles. The van der Waals surface area contributed by atoms with Crippen LogP contribution in [-0.4, -0.2) is 15.3 Å². The lowest BCUT2D eigenvalue weighted by atomic mass is 10.0. The lowest BCUT2D eigenvalue weighted by molar-refractivity contribution is -0.116. The first-order valence-electron chi connectivity index (χ1n) is 10.2. The van der Waals surface area contributed by atoms with Gasteiger partial charge >= 0.3 is 0 Å². The molecule has 0 aliphatic carbocycles. The van der Waals surface area contributed by atoms with Gasteiger partial charge in [0.25, 0.3) is 0 Å². The maximum absolute atomic E-state index is 10.3. The van der Waals surface area contributed by atoms with E-state index in [1.165, 1.54) is 69.5 Å². The Morgan fingerprint density at radius 2 is 1.36 bits per heavy atom. The summed E-state index contributed by atoms with van der Waals surface area (Å²) in [5.41, 5.74) is 1.13. The first-order valence-corrected chi connectivity index (χ1v) is 11.2. The second kappa shape index (κ2) is 13.7. The highest BCUT2D eigenvalue weighted by molar-refractivity contribution is 7.99. The van der Waals surface area contributed by atoms with Crippen LogP contribution in [0.3, 0.4) is 0 Å². The first-order chi connectivity index (χ1) is 12.1. The van der Waals surface area contributed by atoms with Crippen molar-refractivity contribution in [2.75, 3.05) is 0 Å². The predicted molar refractivity (Wildman–Crippen MR) is 111 cm³/mol. The summed E-state index contributed by atoms with van der Waals surface area (Å²) in [6.45, 7) is 4.21. The normalized spacial score (nSPS) is 13.1. The zero-order chi connectivity index (χ0) is 18.4. The summed E-state index contributed by atoms with van der Waals surface area (Å²) in [5, 5.41) is 19.0. The van der Waals surface area contributed by atoms with Crippen LogP contribution in [0.5, 0.6) is 0 Å². The Labute approximate surface area is 159 Å². The molecular weight excluding hydrogens is 328 g/mol. The Kier molecular flexibility index (Phi) is 12.3. The maximum Gasteiger partial charge on any atom is 0.216 e. The molecule has 0 saturated carbocycles. The highest BCUT2D eigenvalue weighted by Crippen LogP contribution is 2.33. The highest BCUT2D eigenvalue weighted by Gasteiger charge is 2.31. The molecule has 2 N–H and O–H groups in total. The van der Waals surface area contributed by atoms with Crippen molar-refractivity contribution in [2.45, 2.75) is 95.3 Å². The Hall–Kier alpha value is -0.510. The number of aliphatic hydroxyl groups is 2. The molecule has 0 spiro atoms. The first kappa shape index (κ1) is 22.5. The SMILES string of the molecule is CCCCCCCCCCCCC(C)C(O)(O)SCc1ccccc1. The number of rotatable bonds is 15. The minimum absolute atomic E-state index is 0.102. The molecule has 1 unspecified atom stereocenters. The van der Waals surface area contributed by atoms with Gasteiger partial charge < -0.3 is 10.2 Å². The summed E-state index contributed by atoms with van der Waals surface area (Å²) in [6.07, 6.45) is 14.0. The van der Waals surface area contributed by atoms with Crippen LogP contribution in [0.1, 0.15) is 90.0 Å². The molecule has 3 heteroatoms. The van der Waals surface area contributed by atoms with Gasteiger partial charge in [-0.05, 0) is 12.0 Å². The summed E-state index contributed by atoms with van der Waals surface area (Å²) in [5.74, 6) is 0.534. The quantitative estimate of drug-likeness (QED) is 0.275. The molecule has 144 valence electrons. The van der Waals surface area contributed by atoms with Crippen molar-refractivity contribution in [1.29, 1.82) is 0 Å². The average molecular weight is 367 g/mol. The minimum Gasteiger partial charge on any atom is -0.357 e. The maximum atomic E-state index is 10.3. The van der Waals surface area contributed by atoms with Gasteiger partial charge in [-0.3, -0.25) is 0 Å². The van der Waals surface area contributed by atoms with Gasteiger partial charge in [-0.15, -0.1) is 0 Å². The van der Waals surface area contributed by atoms with Crippen molar-refractivity contribution in [3.63, 3.8) is 0 Å². The highest BCUT2D eigenvalue weighted by atomic mass is 32.2. The molecule has 0 amide bonds. The van der Waals surface area contributed by atoms with Gasteiger partial charge in [0.1, 0.15) is 0 Å². The Balaban J connectivity index is 2.05. The van der Waals surface area contributed by atoms with Gasteiger partial charge in [0, 0.05) is 11.7 Å². The molecule has 2 nitrogen and oxygen atoms in total. The van der Waals surface area contributed by atoms with Crippen LogP contribution in [0.2, 0.25) is 0 Å². The van der Waals surface area contributed by atoms with E-state index in [1.54, 1.807) is 0 Å². The molecule has 0 aromatic heterocycles. The van der Waals surface area contributed by atoms with Gasteiger partial charge in [-0.25, -0.2) is 0 Å². The lowest BCUT2D eigenvalue weighted by Gasteiger charge is -2.28. The molecular formula is C22H38O2S. The van der Waals surface area contributed by atoms with Crippen LogP contribution in [-0.2, 0) is 5.75 Å². The fourth-order valence-corrected chi connectivity index (χ4v) is 4.01. The molecule has 0 fully saturated rings. The van der Waals surface area contributed by atoms with Crippen LogP contribution in [0, 0.1) is 5.92 Å². The van der Waals surface area contributed by atoms with Crippen LogP contribution in [0.25, 0.3) is 0 Å². The van der Waals surface area contributed by atoms with Crippen molar-refractivity contribution in [3.8, 4) is 0 Å². The summed E-state index contributed by atoms with van der Waals surface area (Å²) < 4.78 is 0. The molecule has 1 aromatic rings. The van der Waals surface area contributed by atoms with Gasteiger partial charge in [0.05, 0.1) is 0 Å². The van der Waals surface area contributed by atoms with Gasteiger partial charge in [-0.2, -0.15) is 0 Å². The lowest BCUT2D eigenvalue weighted by Crippen LogP contribution is -2.32. The van der Waals surface area contributed by atoms with E-state index in [-0.39, 0.29) is 5.92 Å². The largest absolute Gasteiger partial charge is 0.357 e. The van der Waals surface area contributed by atoms with E-state index >= 15 is 0 Å². The molecule has 1 atom stereocenters. The standard InChI is InChI=1S/C22H38O2S/c1-3-4-5-6-7-8-9-10-11-13-16-20(2)22(23,24)25-19-21-17-14-12-15-18-21/h12,14-15,17-18,20,23-24H,3-11,13,16,19H2,1-2H3. The van der Waals surface area contributed by atoms with Crippen molar-refractivity contribution >= 4 is 11.8 Å². The zero-order valence-corrected chi connectivity index (χ0v) is 17.1. The van der Waals surface area contributed by atoms with Crippen molar-refractivity contribution in [3.05, 3.63) is 35.9 Å². The zero-order valence-electron chi connectivity index (χ0n) is 16.3. The number of hydrogen-bond acceptors (Lipinski definition) is 3. The molecule has 0 saturated heterocycles. The van der Waals surface area contributed by atoms with E-state index < -0.39 is 5.12 Å². The Morgan fingerprint density at radius 3 is 1.92 bits per heavy atom. The summed E-state index contributed by atoms with van der Waals surface area (Å²) in [6, 6.07) is 10.00. The molecule has 0 aliphatic heterocycles. The van der Waals surface area contributed by atoms with Crippen LogP contribution in [0.15, 0.2) is 30.3 Å². The van der Waals surface area contributed by atoms with Crippen molar-refractivity contribution in [1.82, 2.24) is 0 Å². The number of benzene rings is 1. The second-order valence-corrected chi connectivity index (χ2v) is 8.48.